The van der Waals surface area contributed by atoms with E-state index < -0.39 is 0 Å². The van der Waals surface area contributed by atoms with E-state index in [1.807, 2.05) is 23.1 Å². The maximum Gasteiger partial charge on any atom is 0.255 e. The molecule has 1 saturated heterocycles. The zero-order chi connectivity index (χ0) is 16.8. The molecule has 122 valence electrons. The Labute approximate surface area is 141 Å². The average molecular weight is 320 g/mol. The van der Waals surface area contributed by atoms with Crippen molar-refractivity contribution >= 4 is 17.3 Å². The van der Waals surface area contributed by atoms with Crippen molar-refractivity contribution in [1.82, 2.24) is 9.88 Å². The van der Waals surface area contributed by atoms with Gasteiger partial charge in [-0.25, -0.2) is 0 Å². The van der Waals surface area contributed by atoms with Crippen molar-refractivity contribution in [3.05, 3.63) is 53.9 Å². The summed E-state index contributed by atoms with van der Waals surface area (Å²) in [6.45, 7) is 1.63. The minimum absolute atomic E-state index is 0.0293. The fourth-order valence-electron chi connectivity index (χ4n) is 2.93. The van der Waals surface area contributed by atoms with Crippen LogP contribution in [-0.2, 0) is 0 Å². The maximum absolute atomic E-state index is 12.7. The summed E-state index contributed by atoms with van der Waals surface area (Å²) in [5, 5.41) is 12.3. The maximum atomic E-state index is 12.7. The second-order valence-electron chi connectivity index (χ2n) is 5.95. The van der Waals surface area contributed by atoms with Gasteiger partial charge in [0.2, 0.25) is 0 Å². The molecule has 5 nitrogen and oxygen atoms in total. The smallest absolute Gasteiger partial charge is 0.255 e. The number of pyridine rings is 1. The number of benzene rings is 1. The van der Waals surface area contributed by atoms with Crippen LogP contribution in [0.4, 0.5) is 11.4 Å². The number of hydrogen-bond acceptors (Lipinski definition) is 4. The zero-order valence-corrected chi connectivity index (χ0v) is 13.5. The number of nitrogens with zero attached hydrogens (tertiary/aromatic N) is 3. The lowest BCUT2D eigenvalue weighted by Gasteiger charge is -2.20. The molecule has 1 aliphatic heterocycles. The first-order valence-corrected chi connectivity index (χ1v) is 8.28. The SMILES string of the molecule is N#Cc1ccccc1Nc1cncc(C(=O)N2CCCCCC2)c1. The molecule has 0 bridgehead atoms. The number of hydrogen-bond donors (Lipinski definition) is 1. The Balaban J connectivity index is 1.79. The van der Waals surface area contributed by atoms with E-state index in [1.54, 1.807) is 24.5 Å². The lowest BCUT2D eigenvalue weighted by atomic mass is 10.2. The highest BCUT2D eigenvalue weighted by atomic mass is 16.2. The first-order valence-electron chi connectivity index (χ1n) is 8.28. The van der Waals surface area contributed by atoms with Crippen LogP contribution in [0.15, 0.2) is 42.7 Å². The van der Waals surface area contributed by atoms with Gasteiger partial charge < -0.3 is 10.2 Å². The second-order valence-corrected chi connectivity index (χ2v) is 5.95. The molecule has 1 amide bonds. The highest BCUT2D eigenvalue weighted by Crippen LogP contribution is 2.21. The van der Waals surface area contributed by atoms with Crippen molar-refractivity contribution in [2.24, 2.45) is 0 Å². The van der Waals surface area contributed by atoms with Crippen molar-refractivity contribution in [3.8, 4) is 6.07 Å². The van der Waals surface area contributed by atoms with Gasteiger partial charge in [-0.2, -0.15) is 5.26 Å². The number of rotatable bonds is 3. The molecule has 0 saturated carbocycles. The van der Waals surface area contributed by atoms with E-state index in [1.165, 1.54) is 12.8 Å². The molecule has 0 spiro atoms. The standard InChI is InChI=1S/C19H20N4O/c20-12-15-7-3-4-8-18(15)22-17-11-16(13-21-14-17)19(24)23-9-5-1-2-6-10-23/h3-4,7-8,11,13-14,22H,1-2,5-6,9-10H2. The van der Waals surface area contributed by atoms with Gasteiger partial charge in [-0.15, -0.1) is 0 Å². The van der Waals surface area contributed by atoms with Crippen LogP contribution in [0.25, 0.3) is 0 Å². The Kier molecular flexibility index (Phi) is 5.07. The molecule has 24 heavy (non-hydrogen) atoms. The molecule has 2 aromatic rings. The van der Waals surface area contributed by atoms with E-state index in [9.17, 15) is 4.79 Å². The van der Waals surface area contributed by atoms with Crippen LogP contribution in [-0.4, -0.2) is 28.9 Å². The largest absolute Gasteiger partial charge is 0.353 e. The Morgan fingerprint density at radius 1 is 1.12 bits per heavy atom. The number of likely N-dealkylation sites (tertiary alicyclic amines) is 1. The number of anilines is 2. The van der Waals surface area contributed by atoms with Crippen LogP contribution < -0.4 is 5.32 Å². The van der Waals surface area contributed by atoms with Crippen molar-refractivity contribution in [2.45, 2.75) is 25.7 Å². The van der Waals surface area contributed by atoms with Crippen LogP contribution in [0.3, 0.4) is 0 Å². The fourth-order valence-corrected chi connectivity index (χ4v) is 2.93. The van der Waals surface area contributed by atoms with Gasteiger partial charge in [0.05, 0.1) is 28.7 Å². The summed E-state index contributed by atoms with van der Waals surface area (Å²) < 4.78 is 0. The van der Waals surface area contributed by atoms with Crippen molar-refractivity contribution in [2.75, 3.05) is 18.4 Å². The van der Waals surface area contributed by atoms with Crippen LogP contribution in [0.2, 0.25) is 0 Å². The summed E-state index contributed by atoms with van der Waals surface area (Å²) in [6, 6.07) is 11.2. The quantitative estimate of drug-likeness (QED) is 0.936. The van der Waals surface area contributed by atoms with E-state index in [0.29, 0.717) is 22.5 Å². The number of para-hydroxylation sites is 1. The lowest BCUT2D eigenvalue weighted by Crippen LogP contribution is -2.31. The molecule has 5 heteroatoms. The van der Waals surface area contributed by atoms with Crippen LogP contribution in [0.5, 0.6) is 0 Å². The van der Waals surface area contributed by atoms with Gasteiger partial charge in [-0.05, 0) is 31.0 Å². The molecule has 1 fully saturated rings. The second kappa shape index (κ2) is 7.60. The molecular weight excluding hydrogens is 300 g/mol. The summed E-state index contributed by atoms with van der Waals surface area (Å²) in [4.78, 5) is 18.8. The molecule has 1 N–H and O–H groups in total. The highest BCUT2D eigenvalue weighted by Gasteiger charge is 2.18. The number of nitriles is 1. The number of nitrogens with one attached hydrogen (secondary N) is 1. The van der Waals surface area contributed by atoms with Gasteiger partial charge in [0.15, 0.2) is 0 Å². The van der Waals surface area contributed by atoms with Gasteiger partial charge in [-0.1, -0.05) is 25.0 Å². The topological polar surface area (TPSA) is 69.0 Å². The molecule has 0 unspecified atom stereocenters. The van der Waals surface area contributed by atoms with Gasteiger partial charge in [0, 0.05) is 19.3 Å². The minimum Gasteiger partial charge on any atom is -0.353 e. The molecule has 0 atom stereocenters. The molecule has 0 aliphatic carbocycles. The summed E-state index contributed by atoms with van der Waals surface area (Å²) >= 11 is 0. The summed E-state index contributed by atoms with van der Waals surface area (Å²) in [7, 11) is 0. The van der Waals surface area contributed by atoms with Crippen LogP contribution in [0.1, 0.15) is 41.6 Å². The average Bonchev–Trinajstić information content (AvgIpc) is 2.91. The third kappa shape index (κ3) is 3.72. The summed E-state index contributed by atoms with van der Waals surface area (Å²) in [5.41, 5.74) is 2.55. The predicted octanol–water partition coefficient (Wildman–Crippen LogP) is 3.71. The molecule has 3 rings (SSSR count). The summed E-state index contributed by atoms with van der Waals surface area (Å²) in [6.07, 6.45) is 7.77. The third-order valence-corrected chi connectivity index (χ3v) is 4.20. The lowest BCUT2D eigenvalue weighted by molar-refractivity contribution is 0.0761. The number of amides is 1. The normalized spacial score (nSPS) is 14.5. The molecular formula is C19H20N4O. The van der Waals surface area contributed by atoms with Gasteiger partial charge >= 0.3 is 0 Å². The molecule has 0 radical (unpaired) electrons. The van der Waals surface area contributed by atoms with Gasteiger partial charge in [0.1, 0.15) is 6.07 Å². The highest BCUT2D eigenvalue weighted by molar-refractivity contribution is 5.95. The van der Waals surface area contributed by atoms with E-state index in [2.05, 4.69) is 16.4 Å². The van der Waals surface area contributed by atoms with Gasteiger partial charge in [0.25, 0.3) is 5.91 Å². The van der Waals surface area contributed by atoms with E-state index >= 15 is 0 Å². The van der Waals surface area contributed by atoms with Gasteiger partial charge in [-0.3, -0.25) is 9.78 Å². The van der Waals surface area contributed by atoms with E-state index in [-0.39, 0.29) is 5.91 Å². The van der Waals surface area contributed by atoms with E-state index in [4.69, 9.17) is 5.26 Å². The Morgan fingerprint density at radius 2 is 1.88 bits per heavy atom. The summed E-state index contributed by atoms with van der Waals surface area (Å²) in [5.74, 6) is 0.0293. The van der Waals surface area contributed by atoms with Crippen LogP contribution in [0, 0.1) is 11.3 Å². The molecule has 1 aromatic carbocycles. The molecule has 1 aromatic heterocycles. The fraction of sp³-hybridized carbons (Fsp3) is 0.316. The number of carbonyl (C=O) groups is 1. The predicted molar refractivity (Wildman–Crippen MR) is 93.0 cm³/mol. The van der Waals surface area contributed by atoms with Crippen LogP contribution >= 0.6 is 0 Å². The number of carbonyl (C=O) groups excluding carboxylic acids is 1. The Hall–Kier alpha value is -2.87. The minimum atomic E-state index is 0.0293. The Bertz CT molecular complexity index is 758. The van der Waals surface area contributed by atoms with Crippen molar-refractivity contribution < 1.29 is 4.79 Å². The third-order valence-electron chi connectivity index (χ3n) is 4.20. The zero-order valence-electron chi connectivity index (χ0n) is 13.5. The van der Waals surface area contributed by atoms with E-state index in [0.717, 1.165) is 25.9 Å². The Morgan fingerprint density at radius 3 is 2.62 bits per heavy atom. The molecule has 2 heterocycles. The first kappa shape index (κ1) is 16.0. The molecule has 1 aliphatic rings. The number of aromatic nitrogens is 1. The van der Waals surface area contributed by atoms with Crippen molar-refractivity contribution in [1.29, 1.82) is 5.26 Å². The first-order chi connectivity index (χ1) is 11.8. The van der Waals surface area contributed by atoms with Crippen molar-refractivity contribution in [3.63, 3.8) is 0 Å². The monoisotopic (exact) mass is 320 g/mol.